The lowest BCUT2D eigenvalue weighted by Gasteiger charge is -2.03. The van der Waals surface area contributed by atoms with Crippen LogP contribution in [0.1, 0.15) is 24.8 Å². The molecular formula is C12H14ClNS. The molecule has 0 bridgehead atoms. The van der Waals surface area contributed by atoms with E-state index in [0.29, 0.717) is 0 Å². The van der Waals surface area contributed by atoms with E-state index in [0.717, 1.165) is 29.8 Å². The first-order chi connectivity index (χ1) is 7.29. The monoisotopic (exact) mass is 239 g/mol. The summed E-state index contributed by atoms with van der Waals surface area (Å²) in [5.74, 6) is 0. The molecule has 2 rings (SSSR count). The molecule has 0 amide bonds. The molecule has 0 saturated carbocycles. The molecule has 1 unspecified atom stereocenters. The lowest BCUT2D eigenvalue weighted by atomic mass is 10.2. The van der Waals surface area contributed by atoms with E-state index in [4.69, 9.17) is 11.6 Å². The molecule has 1 atom stereocenters. The SMILES string of the molecule is CCCC(Cl)Cc1nc2ccccc2s1. The number of hydrogen-bond donors (Lipinski definition) is 0. The topological polar surface area (TPSA) is 12.9 Å². The van der Waals surface area contributed by atoms with E-state index in [9.17, 15) is 0 Å². The Labute approximate surface area is 99.1 Å². The minimum absolute atomic E-state index is 0.232. The van der Waals surface area contributed by atoms with Crippen LogP contribution in [0.4, 0.5) is 0 Å². The Kier molecular flexibility index (Phi) is 3.60. The second-order valence-corrected chi connectivity index (χ2v) is 5.40. The molecule has 2 aromatic rings. The van der Waals surface area contributed by atoms with Crippen LogP contribution in [0.2, 0.25) is 0 Å². The van der Waals surface area contributed by atoms with Gasteiger partial charge in [-0.1, -0.05) is 25.5 Å². The maximum absolute atomic E-state index is 6.21. The summed E-state index contributed by atoms with van der Waals surface area (Å²) in [6.45, 7) is 2.16. The average molecular weight is 240 g/mol. The predicted molar refractivity (Wildman–Crippen MR) is 67.9 cm³/mol. The summed E-state index contributed by atoms with van der Waals surface area (Å²) in [5.41, 5.74) is 1.10. The van der Waals surface area contributed by atoms with Crippen molar-refractivity contribution in [1.29, 1.82) is 0 Å². The summed E-state index contributed by atoms with van der Waals surface area (Å²) < 4.78 is 1.26. The molecule has 1 heterocycles. The second kappa shape index (κ2) is 4.95. The number of nitrogens with zero attached hydrogens (tertiary/aromatic N) is 1. The first kappa shape index (κ1) is 10.9. The number of aromatic nitrogens is 1. The summed E-state index contributed by atoms with van der Waals surface area (Å²) in [6.07, 6.45) is 3.10. The normalized spacial score (nSPS) is 13.2. The van der Waals surface area contributed by atoms with Gasteiger partial charge in [-0.3, -0.25) is 0 Å². The Hall–Kier alpha value is -0.600. The number of thiazole rings is 1. The Morgan fingerprint density at radius 3 is 2.93 bits per heavy atom. The van der Waals surface area contributed by atoms with Gasteiger partial charge in [-0.25, -0.2) is 4.98 Å². The van der Waals surface area contributed by atoms with Crippen molar-refractivity contribution in [2.45, 2.75) is 31.6 Å². The number of halogens is 1. The van der Waals surface area contributed by atoms with Gasteiger partial charge < -0.3 is 0 Å². The molecule has 0 radical (unpaired) electrons. The van der Waals surface area contributed by atoms with Crippen LogP contribution in [0, 0.1) is 0 Å². The highest BCUT2D eigenvalue weighted by atomic mass is 35.5. The summed E-state index contributed by atoms with van der Waals surface area (Å²) in [5, 5.41) is 1.39. The van der Waals surface area contributed by atoms with E-state index >= 15 is 0 Å². The minimum atomic E-state index is 0.232. The Balaban J connectivity index is 2.15. The molecule has 0 saturated heterocycles. The van der Waals surface area contributed by atoms with Gasteiger partial charge >= 0.3 is 0 Å². The van der Waals surface area contributed by atoms with Crippen LogP contribution < -0.4 is 0 Å². The molecule has 0 aliphatic carbocycles. The molecule has 15 heavy (non-hydrogen) atoms. The molecule has 1 aromatic carbocycles. The van der Waals surface area contributed by atoms with E-state index in [1.807, 2.05) is 6.07 Å². The molecule has 1 nitrogen and oxygen atoms in total. The number of hydrogen-bond acceptors (Lipinski definition) is 2. The summed E-state index contributed by atoms with van der Waals surface area (Å²) in [7, 11) is 0. The van der Waals surface area contributed by atoms with Crippen LogP contribution in [-0.4, -0.2) is 10.4 Å². The molecule has 0 aliphatic heterocycles. The standard InChI is InChI=1S/C12H14ClNS/c1-2-5-9(13)8-12-14-10-6-3-4-7-11(10)15-12/h3-4,6-7,9H,2,5,8H2,1H3. The zero-order chi connectivity index (χ0) is 10.7. The van der Waals surface area contributed by atoms with Crippen molar-refractivity contribution in [1.82, 2.24) is 4.98 Å². The fourth-order valence-electron chi connectivity index (χ4n) is 1.61. The van der Waals surface area contributed by atoms with Gasteiger partial charge in [-0.2, -0.15) is 0 Å². The number of fused-ring (bicyclic) bond motifs is 1. The molecule has 80 valence electrons. The van der Waals surface area contributed by atoms with Crippen molar-refractivity contribution in [2.75, 3.05) is 0 Å². The third kappa shape index (κ3) is 2.70. The van der Waals surface area contributed by atoms with Crippen molar-refractivity contribution in [3.05, 3.63) is 29.3 Å². The fourth-order valence-corrected chi connectivity index (χ4v) is 3.12. The zero-order valence-corrected chi connectivity index (χ0v) is 10.3. The lowest BCUT2D eigenvalue weighted by Crippen LogP contribution is -2.01. The molecule has 0 fully saturated rings. The molecule has 0 spiro atoms. The zero-order valence-electron chi connectivity index (χ0n) is 8.74. The molecule has 3 heteroatoms. The molecular weight excluding hydrogens is 226 g/mol. The Bertz CT molecular complexity index is 405. The summed E-state index contributed by atoms with van der Waals surface area (Å²) >= 11 is 7.97. The molecule has 1 aromatic heterocycles. The van der Waals surface area contributed by atoms with Gasteiger partial charge in [0.2, 0.25) is 0 Å². The smallest absolute Gasteiger partial charge is 0.0953 e. The van der Waals surface area contributed by atoms with Crippen LogP contribution in [0.15, 0.2) is 24.3 Å². The highest BCUT2D eigenvalue weighted by molar-refractivity contribution is 7.18. The third-order valence-corrected chi connectivity index (χ3v) is 3.77. The molecule has 0 N–H and O–H groups in total. The fraction of sp³-hybridized carbons (Fsp3) is 0.417. The average Bonchev–Trinajstić information content (AvgIpc) is 2.59. The second-order valence-electron chi connectivity index (χ2n) is 3.67. The summed E-state index contributed by atoms with van der Waals surface area (Å²) in [4.78, 5) is 4.57. The maximum Gasteiger partial charge on any atom is 0.0953 e. The van der Waals surface area contributed by atoms with E-state index < -0.39 is 0 Å². The van der Waals surface area contributed by atoms with Gasteiger partial charge in [0.25, 0.3) is 0 Å². The van der Waals surface area contributed by atoms with Crippen molar-refractivity contribution in [3.8, 4) is 0 Å². The van der Waals surface area contributed by atoms with E-state index in [-0.39, 0.29) is 5.38 Å². The Morgan fingerprint density at radius 1 is 1.40 bits per heavy atom. The van der Waals surface area contributed by atoms with Gasteiger partial charge in [0.15, 0.2) is 0 Å². The van der Waals surface area contributed by atoms with Crippen LogP contribution in [0.5, 0.6) is 0 Å². The largest absolute Gasteiger partial charge is 0.241 e. The third-order valence-electron chi connectivity index (χ3n) is 2.34. The number of para-hydroxylation sites is 1. The lowest BCUT2D eigenvalue weighted by molar-refractivity contribution is 0.724. The number of benzene rings is 1. The van der Waals surface area contributed by atoms with E-state index in [2.05, 4.69) is 30.1 Å². The van der Waals surface area contributed by atoms with E-state index in [1.54, 1.807) is 11.3 Å². The van der Waals surface area contributed by atoms with Gasteiger partial charge in [0, 0.05) is 11.8 Å². The van der Waals surface area contributed by atoms with Gasteiger partial charge in [0.1, 0.15) is 0 Å². The first-order valence-electron chi connectivity index (χ1n) is 5.28. The highest BCUT2D eigenvalue weighted by Crippen LogP contribution is 2.24. The van der Waals surface area contributed by atoms with Gasteiger partial charge in [-0.05, 0) is 18.6 Å². The van der Waals surface area contributed by atoms with Gasteiger partial charge in [0.05, 0.1) is 15.2 Å². The first-order valence-corrected chi connectivity index (χ1v) is 6.53. The van der Waals surface area contributed by atoms with Crippen molar-refractivity contribution in [2.24, 2.45) is 0 Å². The van der Waals surface area contributed by atoms with Gasteiger partial charge in [-0.15, -0.1) is 22.9 Å². The predicted octanol–water partition coefficient (Wildman–Crippen LogP) is 4.25. The number of rotatable bonds is 4. The van der Waals surface area contributed by atoms with Crippen LogP contribution in [0.25, 0.3) is 10.2 Å². The van der Waals surface area contributed by atoms with Crippen LogP contribution in [-0.2, 0) is 6.42 Å². The minimum Gasteiger partial charge on any atom is -0.241 e. The summed E-state index contributed by atoms with van der Waals surface area (Å²) in [6, 6.07) is 8.24. The Morgan fingerprint density at radius 2 is 2.20 bits per heavy atom. The van der Waals surface area contributed by atoms with Crippen molar-refractivity contribution < 1.29 is 0 Å². The molecule has 0 aliphatic rings. The quantitative estimate of drug-likeness (QED) is 0.727. The van der Waals surface area contributed by atoms with Crippen molar-refractivity contribution >= 4 is 33.2 Å². The highest BCUT2D eigenvalue weighted by Gasteiger charge is 2.08. The van der Waals surface area contributed by atoms with E-state index in [1.165, 1.54) is 4.70 Å². The van der Waals surface area contributed by atoms with Crippen LogP contribution in [0.3, 0.4) is 0 Å². The maximum atomic E-state index is 6.21. The van der Waals surface area contributed by atoms with Crippen molar-refractivity contribution in [3.63, 3.8) is 0 Å². The van der Waals surface area contributed by atoms with Crippen LogP contribution >= 0.6 is 22.9 Å². The number of alkyl halides is 1.